The summed E-state index contributed by atoms with van der Waals surface area (Å²) in [4.78, 5) is 11.7. The molecule has 0 aliphatic rings. The first-order chi connectivity index (χ1) is 7.71. The van der Waals surface area contributed by atoms with Crippen molar-refractivity contribution in [2.24, 2.45) is 5.73 Å². The van der Waals surface area contributed by atoms with Crippen LogP contribution in [0, 0.1) is 13.8 Å². The second-order valence-electron chi connectivity index (χ2n) is 5.10. The van der Waals surface area contributed by atoms with Crippen LogP contribution in [-0.2, 0) is 11.2 Å². The van der Waals surface area contributed by atoms with E-state index in [0.717, 1.165) is 17.0 Å². The Morgan fingerprint density at radius 1 is 1.50 bits per heavy atom. The third-order valence-corrected chi connectivity index (χ3v) is 2.65. The van der Waals surface area contributed by atoms with Crippen molar-refractivity contribution in [2.75, 3.05) is 0 Å². The SMILES string of the molecule is Cc1noc(C)c1CC(C)NC(=O)C(C)(C)N.Cl. The molecule has 1 heterocycles. The first-order valence-corrected chi connectivity index (χ1v) is 5.73. The normalized spacial score (nSPS) is 12.8. The molecule has 0 aliphatic heterocycles. The van der Waals surface area contributed by atoms with E-state index in [0.29, 0.717) is 6.42 Å². The van der Waals surface area contributed by atoms with Crippen LogP contribution in [0.1, 0.15) is 37.8 Å². The van der Waals surface area contributed by atoms with Crippen LogP contribution < -0.4 is 11.1 Å². The summed E-state index contributed by atoms with van der Waals surface area (Å²) in [5, 5.41) is 6.76. The third kappa shape index (κ3) is 4.31. The number of hydrogen-bond acceptors (Lipinski definition) is 4. The number of amides is 1. The molecule has 3 N–H and O–H groups in total. The van der Waals surface area contributed by atoms with Gasteiger partial charge >= 0.3 is 0 Å². The molecular formula is C12H22ClN3O2. The summed E-state index contributed by atoms with van der Waals surface area (Å²) >= 11 is 0. The van der Waals surface area contributed by atoms with Crippen molar-refractivity contribution >= 4 is 18.3 Å². The maximum absolute atomic E-state index is 11.7. The van der Waals surface area contributed by atoms with Crippen LogP contribution in [0.4, 0.5) is 0 Å². The Balaban J connectivity index is 0.00000289. The molecule has 1 atom stereocenters. The van der Waals surface area contributed by atoms with Crippen LogP contribution in [0.2, 0.25) is 0 Å². The van der Waals surface area contributed by atoms with Crippen molar-refractivity contribution in [1.29, 1.82) is 0 Å². The number of halogens is 1. The fourth-order valence-corrected chi connectivity index (χ4v) is 1.56. The predicted molar refractivity (Wildman–Crippen MR) is 72.8 cm³/mol. The maximum atomic E-state index is 11.7. The van der Waals surface area contributed by atoms with Gasteiger partial charge in [-0.1, -0.05) is 5.16 Å². The van der Waals surface area contributed by atoms with Gasteiger partial charge in [0.05, 0.1) is 11.2 Å². The fourth-order valence-electron chi connectivity index (χ4n) is 1.56. The van der Waals surface area contributed by atoms with Crippen LogP contribution in [0.25, 0.3) is 0 Å². The lowest BCUT2D eigenvalue weighted by Gasteiger charge is -2.21. The number of nitrogens with one attached hydrogen (secondary N) is 1. The highest BCUT2D eigenvalue weighted by Gasteiger charge is 2.24. The molecule has 6 heteroatoms. The minimum absolute atomic E-state index is 0. The summed E-state index contributed by atoms with van der Waals surface area (Å²) in [5.41, 5.74) is 6.78. The number of nitrogens with zero attached hydrogens (tertiary/aromatic N) is 1. The topological polar surface area (TPSA) is 81.2 Å². The maximum Gasteiger partial charge on any atom is 0.239 e. The zero-order valence-corrected chi connectivity index (χ0v) is 12.4. The number of carbonyl (C=O) groups excluding carboxylic acids is 1. The summed E-state index contributed by atoms with van der Waals surface area (Å²) in [5.74, 6) is 0.646. The van der Waals surface area contributed by atoms with Gasteiger partial charge in [-0.2, -0.15) is 0 Å². The van der Waals surface area contributed by atoms with Gasteiger partial charge in [-0.15, -0.1) is 12.4 Å². The number of hydrogen-bond donors (Lipinski definition) is 2. The predicted octanol–water partition coefficient (Wildman–Crippen LogP) is 1.50. The second kappa shape index (κ2) is 6.20. The van der Waals surface area contributed by atoms with E-state index < -0.39 is 5.54 Å². The highest BCUT2D eigenvalue weighted by atomic mass is 35.5. The zero-order valence-electron chi connectivity index (χ0n) is 11.5. The number of nitrogens with two attached hydrogens (primary N) is 1. The summed E-state index contributed by atoms with van der Waals surface area (Å²) in [6.45, 7) is 9.08. The molecule has 1 amide bonds. The molecule has 0 spiro atoms. The van der Waals surface area contributed by atoms with Gasteiger partial charge in [0.15, 0.2) is 0 Å². The Labute approximate surface area is 114 Å². The first-order valence-electron chi connectivity index (χ1n) is 5.73. The number of carbonyl (C=O) groups is 1. The molecule has 0 radical (unpaired) electrons. The van der Waals surface area contributed by atoms with Crippen molar-refractivity contribution < 1.29 is 9.32 Å². The van der Waals surface area contributed by atoms with Crippen LogP contribution in [0.3, 0.4) is 0 Å². The molecule has 0 saturated heterocycles. The van der Waals surface area contributed by atoms with E-state index in [9.17, 15) is 4.79 Å². The van der Waals surface area contributed by atoms with E-state index in [4.69, 9.17) is 10.3 Å². The Morgan fingerprint density at radius 2 is 2.06 bits per heavy atom. The van der Waals surface area contributed by atoms with Crippen molar-refractivity contribution in [3.8, 4) is 0 Å². The van der Waals surface area contributed by atoms with E-state index in [1.54, 1.807) is 13.8 Å². The molecule has 1 aromatic rings. The van der Waals surface area contributed by atoms with Crippen LogP contribution in [-0.4, -0.2) is 22.6 Å². The average molecular weight is 276 g/mol. The molecular weight excluding hydrogens is 254 g/mol. The third-order valence-electron chi connectivity index (χ3n) is 2.65. The lowest BCUT2D eigenvalue weighted by Crippen LogP contribution is -2.51. The minimum atomic E-state index is -0.854. The summed E-state index contributed by atoms with van der Waals surface area (Å²) < 4.78 is 5.08. The lowest BCUT2D eigenvalue weighted by molar-refractivity contribution is -0.125. The molecule has 18 heavy (non-hydrogen) atoms. The van der Waals surface area contributed by atoms with Crippen molar-refractivity contribution in [2.45, 2.75) is 52.6 Å². The van der Waals surface area contributed by atoms with Crippen molar-refractivity contribution in [1.82, 2.24) is 10.5 Å². The van der Waals surface area contributed by atoms with Gasteiger partial charge in [0.2, 0.25) is 5.91 Å². The molecule has 0 fully saturated rings. The Hall–Kier alpha value is -1.07. The van der Waals surface area contributed by atoms with Gasteiger partial charge < -0.3 is 15.6 Å². The van der Waals surface area contributed by atoms with Crippen molar-refractivity contribution in [3.05, 3.63) is 17.0 Å². The van der Waals surface area contributed by atoms with Crippen LogP contribution >= 0.6 is 12.4 Å². The summed E-state index contributed by atoms with van der Waals surface area (Å²) in [6.07, 6.45) is 0.697. The van der Waals surface area contributed by atoms with Gasteiger partial charge in [-0.05, 0) is 41.0 Å². The van der Waals surface area contributed by atoms with E-state index in [-0.39, 0.29) is 24.4 Å². The van der Waals surface area contributed by atoms with Crippen LogP contribution in [0.5, 0.6) is 0 Å². The Kier molecular flexibility index (Phi) is 5.83. The molecule has 1 unspecified atom stereocenters. The standard InChI is InChI=1S/C12H21N3O2.ClH/c1-7(14-11(16)12(4,5)13)6-10-8(2)15-17-9(10)3;/h7H,6,13H2,1-5H3,(H,14,16);1H. The summed E-state index contributed by atoms with van der Waals surface area (Å²) in [6, 6.07) is 0.00197. The minimum Gasteiger partial charge on any atom is -0.361 e. The van der Waals surface area contributed by atoms with E-state index >= 15 is 0 Å². The van der Waals surface area contributed by atoms with Crippen LogP contribution in [0.15, 0.2) is 4.52 Å². The molecule has 5 nitrogen and oxygen atoms in total. The largest absolute Gasteiger partial charge is 0.361 e. The Morgan fingerprint density at radius 3 is 2.44 bits per heavy atom. The molecule has 1 rings (SSSR count). The van der Waals surface area contributed by atoms with Crippen molar-refractivity contribution in [3.63, 3.8) is 0 Å². The summed E-state index contributed by atoms with van der Waals surface area (Å²) in [7, 11) is 0. The second-order valence-corrected chi connectivity index (χ2v) is 5.10. The van der Waals surface area contributed by atoms with Gasteiger partial charge in [-0.25, -0.2) is 0 Å². The van der Waals surface area contributed by atoms with E-state index in [1.807, 2.05) is 20.8 Å². The fraction of sp³-hybridized carbons (Fsp3) is 0.667. The lowest BCUT2D eigenvalue weighted by atomic mass is 10.0. The zero-order chi connectivity index (χ0) is 13.2. The van der Waals surface area contributed by atoms with E-state index in [1.165, 1.54) is 0 Å². The quantitative estimate of drug-likeness (QED) is 0.872. The molecule has 104 valence electrons. The number of aromatic nitrogens is 1. The molecule has 0 bridgehead atoms. The molecule has 0 aromatic carbocycles. The van der Waals surface area contributed by atoms with E-state index in [2.05, 4.69) is 10.5 Å². The van der Waals surface area contributed by atoms with Gasteiger partial charge in [-0.3, -0.25) is 4.79 Å². The Bertz CT molecular complexity index is 390. The van der Waals surface area contributed by atoms with Gasteiger partial charge in [0.25, 0.3) is 0 Å². The molecule has 1 aromatic heterocycles. The highest BCUT2D eigenvalue weighted by molar-refractivity contribution is 5.85. The smallest absolute Gasteiger partial charge is 0.239 e. The highest BCUT2D eigenvalue weighted by Crippen LogP contribution is 2.14. The van der Waals surface area contributed by atoms with Gasteiger partial charge in [0, 0.05) is 11.6 Å². The molecule has 0 aliphatic carbocycles. The number of aryl methyl sites for hydroxylation is 2. The average Bonchev–Trinajstić information content (AvgIpc) is 2.48. The molecule has 0 saturated carbocycles. The number of rotatable bonds is 4. The van der Waals surface area contributed by atoms with Gasteiger partial charge in [0.1, 0.15) is 5.76 Å². The monoisotopic (exact) mass is 275 g/mol. The first kappa shape index (κ1) is 16.9.